The predicted molar refractivity (Wildman–Crippen MR) is 77.2 cm³/mol. The van der Waals surface area contributed by atoms with E-state index in [0.29, 0.717) is 16.7 Å². The molecule has 0 spiro atoms. The maximum absolute atomic E-state index is 13.1. The Morgan fingerprint density at radius 3 is 2.86 bits per heavy atom. The second-order valence-corrected chi connectivity index (χ2v) is 4.74. The summed E-state index contributed by atoms with van der Waals surface area (Å²) in [5, 5.41) is 0.587. The largest absolute Gasteiger partial charge is 0.497 e. The Kier molecular flexibility index (Phi) is 3.44. The summed E-state index contributed by atoms with van der Waals surface area (Å²) >= 11 is 0. The Morgan fingerprint density at radius 2 is 2.05 bits per heavy atom. The van der Waals surface area contributed by atoms with Gasteiger partial charge in [0.05, 0.1) is 7.11 Å². The molecule has 0 aliphatic heterocycles. The van der Waals surface area contributed by atoms with Gasteiger partial charge in [0.25, 0.3) is 0 Å². The van der Waals surface area contributed by atoms with Crippen LogP contribution < -0.4 is 4.74 Å². The molecule has 3 aromatic rings. The van der Waals surface area contributed by atoms with Gasteiger partial charge in [-0.3, -0.25) is 4.79 Å². The van der Waals surface area contributed by atoms with Crippen LogP contribution in [0.1, 0.15) is 16.1 Å². The van der Waals surface area contributed by atoms with Crippen LogP contribution in [0.4, 0.5) is 4.39 Å². The van der Waals surface area contributed by atoms with Crippen molar-refractivity contribution in [1.29, 1.82) is 0 Å². The average molecular weight is 284 g/mol. The van der Waals surface area contributed by atoms with E-state index in [1.807, 2.05) is 18.2 Å². The summed E-state index contributed by atoms with van der Waals surface area (Å²) in [6, 6.07) is 13.0. The summed E-state index contributed by atoms with van der Waals surface area (Å²) in [6.07, 6.45) is 0.208. The second kappa shape index (κ2) is 5.40. The lowest BCUT2D eigenvalue weighted by molar-refractivity contribution is 0.0968. The van der Waals surface area contributed by atoms with Crippen LogP contribution in [0.2, 0.25) is 0 Å². The van der Waals surface area contributed by atoms with E-state index in [1.165, 1.54) is 18.2 Å². The first kappa shape index (κ1) is 13.4. The topological polar surface area (TPSA) is 39.4 Å². The molecule has 106 valence electrons. The maximum atomic E-state index is 13.1. The van der Waals surface area contributed by atoms with Gasteiger partial charge in [0.2, 0.25) is 5.78 Å². The summed E-state index contributed by atoms with van der Waals surface area (Å²) in [5.41, 5.74) is 1.34. The first-order chi connectivity index (χ1) is 10.2. The third-order valence-corrected chi connectivity index (χ3v) is 3.25. The number of rotatable bonds is 4. The molecule has 0 N–H and O–H groups in total. The zero-order valence-electron chi connectivity index (χ0n) is 11.4. The van der Waals surface area contributed by atoms with E-state index in [2.05, 4.69) is 0 Å². The number of carbonyl (C=O) groups is 1. The number of hydrogen-bond donors (Lipinski definition) is 0. The fourth-order valence-corrected chi connectivity index (χ4v) is 2.21. The number of fused-ring (bicyclic) bond motifs is 1. The van der Waals surface area contributed by atoms with E-state index < -0.39 is 0 Å². The Hall–Kier alpha value is -2.62. The minimum Gasteiger partial charge on any atom is -0.497 e. The molecule has 1 heterocycles. The van der Waals surface area contributed by atoms with Crippen molar-refractivity contribution in [3.05, 3.63) is 65.7 Å². The van der Waals surface area contributed by atoms with E-state index in [0.717, 1.165) is 5.56 Å². The normalized spacial score (nSPS) is 10.8. The number of benzene rings is 2. The molecule has 0 unspecified atom stereocenters. The van der Waals surface area contributed by atoms with Gasteiger partial charge in [0.15, 0.2) is 5.76 Å². The van der Waals surface area contributed by atoms with Gasteiger partial charge in [-0.05, 0) is 42.0 Å². The van der Waals surface area contributed by atoms with Crippen LogP contribution in [0.3, 0.4) is 0 Å². The van der Waals surface area contributed by atoms with Gasteiger partial charge < -0.3 is 9.15 Å². The van der Waals surface area contributed by atoms with Crippen LogP contribution in [0, 0.1) is 5.82 Å². The molecule has 0 radical (unpaired) electrons. The summed E-state index contributed by atoms with van der Waals surface area (Å²) < 4.78 is 23.7. The van der Waals surface area contributed by atoms with Crippen LogP contribution in [-0.4, -0.2) is 12.9 Å². The number of Topliss-reactive ketones (excluding diaryl/α,β-unsaturated/α-hetero) is 1. The van der Waals surface area contributed by atoms with E-state index in [9.17, 15) is 9.18 Å². The third kappa shape index (κ3) is 2.79. The summed E-state index contributed by atoms with van der Waals surface area (Å²) in [6.45, 7) is 0. The van der Waals surface area contributed by atoms with Crippen molar-refractivity contribution in [3.8, 4) is 5.75 Å². The zero-order valence-corrected chi connectivity index (χ0v) is 11.4. The molecule has 0 atom stereocenters. The van der Waals surface area contributed by atoms with Crippen LogP contribution in [0.25, 0.3) is 11.0 Å². The minimum atomic E-state index is -0.352. The molecule has 4 heteroatoms. The number of methoxy groups -OCH3 is 1. The van der Waals surface area contributed by atoms with Crippen molar-refractivity contribution >= 4 is 16.8 Å². The second-order valence-electron chi connectivity index (χ2n) is 4.74. The number of ether oxygens (including phenoxy) is 1. The summed E-state index contributed by atoms with van der Waals surface area (Å²) in [5.74, 6) is 0.431. The van der Waals surface area contributed by atoms with Crippen LogP contribution in [0.5, 0.6) is 5.75 Å². The SMILES string of the molecule is COc1cccc(CC(=O)c2cc3cc(F)ccc3o2)c1. The lowest BCUT2D eigenvalue weighted by Gasteiger charge is -2.02. The standard InChI is InChI=1S/C17H13FO3/c1-20-14-4-2-3-11(7-14)8-15(19)17-10-12-9-13(18)5-6-16(12)21-17/h2-7,9-10H,8H2,1H3. The highest BCUT2D eigenvalue weighted by Crippen LogP contribution is 2.22. The van der Waals surface area contributed by atoms with E-state index in [1.54, 1.807) is 19.2 Å². The summed E-state index contributed by atoms with van der Waals surface area (Å²) in [4.78, 5) is 12.2. The molecule has 0 bridgehead atoms. The molecule has 0 saturated heterocycles. The monoisotopic (exact) mass is 284 g/mol. The third-order valence-electron chi connectivity index (χ3n) is 3.25. The van der Waals surface area contributed by atoms with Crippen molar-refractivity contribution < 1.29 is 18.3 Å². The number of halogens is 1. The smallest absolute Gasteiger partial charge is 0.202 e. The Labute approximate surface area is 120 Å². The van der Waals surface area contributed by atoms with Gasteiger partial charge in [0.1, 0.15) is 17.1 Å². The van der Waals surface area contributed by atoms with Gasteiger partial charge in [-0.25, -0.2) is 4.39 Å². The molecule has 2 aromatic carbocycles. The van der Waals surface area contributed by atoms with Gasteiger partial charge in [-0.1, -0.05) is 12.1 Å². The molecular weight excluding hydrogens is 271 g/mol. The molecule has 1 aromatic heterocycles. The van der Waals surface area contributed by atoms with Crippen molar-refractivity contribution in [3.63, 3.8) is 0 Å². The fourth-order valence-electron chi connectivity index (χ4n) is 2.21. The minimum absolute atomic E-state index is 0.153. The highest BCUT2D eigenvalue weighted by Gasteiger charge is 2.13. The zero-order chi connectivity index (χ0) is 14.8. The van der Waals surface area contributed by atoms with Gasteiger partial charge >= 0.3 is 0 Å². The molecule has 0 saturated carbocycles. The predicted octanol–water partition coefficient (Wildman–Crippen LogP) is 4.01. The highest BCUT2D eigenvalue weighted by molar-refractivity contribution is 5.98. The van der Waals surface area contributed by atoms with Crippen molar-refractivity contribution in [1.82, 2.24) is 0 Å². The average Bonchev–Trinajstić information content (AvgIpc) is 2.90. The Balaban J connectivity index is 1.86. The van der Waals surface area contributed by atoms with Crippen LogP contribution in [-0.2, 0) is 6.42 Å². The van der Waals surface area contributed by atoms with Crippen LogP contribution >= 0.6 is 0 Å². The molecule has 21 heavy (non-hydrogen) atoms. The number of furan rings is 1. The summed E-state index contributed by atoms with van der Waals surface area (Å²) in [7, 11) is 1.58. The van der Waals surface area contributed by atoms with Gasteiger partial charge in [0, 0.05) is 11.8 Å². The number of hydrogen-bond acceptors (Lipinski definition) is 3. The lowest BCUT2D eigenvalue weighted by Crippen LogP contribution is -2.02. The van der Waals surface area contributed by atoms with Gasteiger partial charge in [-0.15, -0.1) is 0 Å². The van der Waals surface area contributed by atoms with Crippen molar-refractivity contribution in [2.24, 2.45) is 0 Å². The van der Waals surface area contributed by atoms with Gasteiger partial charge in [-0.2, -0.15) is 0 Å². The van der Waals surface area contributed by atoms with E-state index in [-0.39, 0.29) is 23.8 Å². The molecular formula is C17H13FO3. The van der Waals surface area contributed by atoms with Crippen LogP contribution in [0.15, 0.2) is 52.9 Å². The molecule has 0 amide bonds. The van der Waals surface area contributed by atoms with E-state index in [4.69, 9.17) is 9.15 Å². The molecule has 0 fully saturated rings. The Bertz CT molecular complexity index is 805. The highest BCUT2D eigenvalue weighted by atomic mass is 19.1. The molecule has 3 rings (SSSR count). The fraction of sp³-hybridized carbons (Fsp3) is 0.118. The lowest BCUT2D eigenvalue weighted by atomic mass is 10.1. The quantitative estimate of drug-likeness (QED) is 0.680. The first-order valence-electron chi connectivity index (χ1n) is 6.51. The molecule has 0 aliphatic carbocycles. The first-order valence-corrected chi connectivity index (χ1v) is 6.51. The van der Waals surface area contributed by atoms with E-state index >= 15 is 0 Å². The molecule has 3 nitrogen and oxygen atoms in total. The Morgan fingerprint density at radius 1 is 1.19 bits per heavy atom. The molecule has 0 aliphatic rings. The van der Waals surface area contributed by atoms with Crippen molar-refractivity contribution in [2.75, 3.05) is 7.11 Å². The maximum Gasteiger partial charge on any atom is 0.202 e. The number of carbonyl (C=O) groups excluding carboxylic acids is 1. The van der Waals surface area contributed by atoms with Crippen molar-refractivity contribution in [2.45, 2.75) is 6.42 Å². The number of ketones is 1.